The number of nitrogens with zero attached hydrogens (tertiary/aromatic N) is 1. The Bertz CT molecular complexity index is 287. The molecule has 0 saturated carbocycles. The normalized spacial score (nSPS) is 10.6. The molecule has 0 N–H and O–H groups in total. The lowest BCUT2D eigenvalue weighted by Gasteiger charge is -2.04. The third-order valence-electron chi connectivity index (χ3n) is 3.39. The van der Waals surface area contributed by atoms with Gasteiger partial charge in [-0.2, -0.15) is 0 Å². The summed E-state index contributed by atoms with van der Waals surface area (Å²) >= 11 is 0. The molecule has 0 fully saturated rings. The number of ether oxygens (including phenoxy) is 1. The van der Waals surface area contributed by atoms with Crippen LogP contribution in [-0.4, -0.2) is 11.6 Å². The first kappa shape index (κ1) is 16.0. The number of aromatic nitrogens is 1. The average molecular weight is 263 g/mol. The van der Waals surface area contributed by atoms with Gasteiger partial charge in [0, 0.05) is 12.3 Å². The van der Waals surface area contributed by atoms with Gasteiger partial charge < -0.3 is 4.74 Å². The molecular formula is C17H29NO. The molecule has 19 heavy (non-hydrogen) atoms. The van der Waals surface area contributed by atoms with Crippen LogP contribution >= 0.6 is 0 Å². The number of rotatable bonds is 12. The maximum atomic E-state index is 5.57. The van der Waals surface area contributed by atoms with E-state index >= 15 is 0 Å². The lowest BCUT2D eigenvalue weighted by molar-refractivity contribution is 0.293. The van der Waals surface area contributed by atoms with Crippen molar-refractivity contribution in [3.63, 3.8) is 0 Å². The molecule has 0 unspecified atom stereocenters. The summed E-state index contributed by atoms with van der Waals surface area (Å²) in [4.78, 5) is 4.14. The summed E-state index contributed by atoms with van der Waals surface area (Å²) in [6.07, 6.45) is 15.4. The quantitative estimate of drug-likeness (QED) is 0.472. The zero-order chi connectivity index (χ0) is 13.6. The van der Waals surface area contributed by atoms with Crippen molar-refractivity contribution in [2.24, 2.45) is 0 Å². The molecule has 1 aromatic heterocycles. The molecule has 0 atom stereocenters. The maximum absolute atomic E-state index is 5.57. The Morgan fingerprint density at radius 1 is 0.842 bits per heavy atom. The van der Waals surface area contributed by atoms with Crippen LogP contribution in [0.1, 0.15) is 71.1 Å². The van der Waals surface area contributed by atoms with Crippen LogP contribution in [0.25, 0.3) is 0 Å². The summed E-state index contributed by atoms with van der Waals surface area (Å²) in [5.74, 6) is 0.749. The minimum atomic E-state index is 0.749. The van der Waals surface area contributed by atoms with Crippen LogP contribution in [0, 0.1) is 0 Å². The van der Waals surface area contributed by atoms with Crippen molar-refractivity contribution in [2.45, 2.75) is 71.1 Å². The Morgan fingerprint density at radius 3 is 2.05 bits per heavy atom. The van der Waals surface area contributed by atoms with Crippen LogP contribution in [-0.2, 0) is 0 Å². The Morgan fingerprint density at radius 2 is 1.47 bits per heavy atom. The smallest absolute Gasteiger partial charge is 0.213 e. The van der Waals surface area contributed by atoms with Crippen molar-refractivity contribution in [3.05, 3.63) is 24.4 Å². The molecule has 0 amide bonds. The highest BCUT2D eigenvalue weighted by Crippen LogP contribution is 2.11. The summed E-state index contributed by atoms with van der Waals surface area (Å²) in [6, 6.07) is 5.78. The molecule has 108 valence electrons. The van der Waals surface area contributed by atoms with Crippen LogP contribution in [0.3, 0.4) is 0 Å². The number of unbranched alkanes of at least 4 members (excludes halogenated alkanes) is 9. The molecule has 0 radical (unpaired) electrons. The van der Waals surface area contributed by atoms with Gasteiger partial charge in [0.25, 0.3) is 0 Å². The van der Waals surface area contributed by atoms with Gasteiger partial charge in [0.05, 0.1) is 6.61 Å². The molecule has 0 aliphatic rings. The van der Waals surface area contributed by atoms with Crippen molar-refractivity contribution in [2.75, 3.05) is 6.61 Å². The number of pyridine rings is 1. The summed E-state index contributed by atoms with van der Waals surface area (Å²) in [6.45, 7) is 3.07. The van der Waals surface area contributed by atoms with E-state index in [1.54, 1.807) is 6.20 Å². The van der Waals surface area contributed by atoms with Crippen molar-refractivity contribution in [1.82, 2.24) is 4.98 Å². The summed E-state index contributed by atoms with van der Waals surface area (Å²) in [5.41, 5.74) is 0. The van der Waals surface area contributed by atoms with E-state index in [1.807, 2.05) is 18.2 Å². The zero-order valence-electron chi connectivity index (χ0n) is 12.4. The molecule has 0 aliphatic heterocycles. The van der Waals surface area contributed by atoms with Gasteiger partial charge in [-0.1, -0.05) is 70.8 Å². The minimum Gasteiger partial charge on any atom is -0.478 e. The fraction of sp³-hybridized carbons (Fsp3) is 0.706. The Labute approximate surface area is 118 Å². The van der Waals surface area contributed by atoms with Gasteiger partial charge in [0.2, 0.25) is 5.88 Å². The summed E-state index contributed by atoms with van der Waals surface area (Å²) in [5, 5.41) is 0. The molecule has 0 aliphatic carbocycles. The van der Waals surface area contributed by atoms with Gasteiger partial charge in [-0.05, 0) is 12.5 Å². The second kappa shape index (κ2) is 12.0. The SMILES string of the molecule is CCCCCCCCCCCCOc1ccccn1. The second-order valence-corrected chi connectivity index (χ2v) is 5.20. The Kier molecular flexibility index (Phi) is 10.1. The molecule has 1 heterocycles. The van der Waals surface area contributed by atoms with Crippen LogP contribution in [0.4, 0.5) is 0 Å². The first-order valence-corrected chi connectivity index (χ1v) is 7.97. The second-order valence-electron chi connectivity index (χ2n) is 5.20. The Balaban J connectivity index is 1.79. The molecule has 1 rings (SSSR count). The fourth-order valence-corrected chi connectivity index (χ4v) is 2.20. The van der Waals surface area contributed by atoms with Gasteiger partial charge in [-0.25, -0.2) is 4.98 Å². The van der Waals surface area contributed by atoms with Crippen molar-refractivity contribution in [1.29, 1.82) is 0 Å². The predicted molar refractivity (Wildman–Crippen MR) is 81.6 cm³/mol. The highest BCUT2D eigenvalue weighted by atomic mass is 16.5. The molecular weight excluding hydrogens is 234 g/mol. The number of hydrogen-bond acceptors (Lipinski definition) is 2. The minimum absolute atomic E-state index is 0.749. The van der Waals surface area contributed by atoms with Gasteiger partial charge in [-0.15, -0.1) is 0 Å². The van der Waals surface area contributed by atoms with E-state index in [2.05, 4.69) is 11.9 Å². The van der Waals surface area contributed by atoms with Crippen LogP contribution < -0.4 is 4.74 Å². The molecule has 0 bridgehead atoms. The van der Waals surface area contributed by atoms with E-state index in [9.17, 15) is 0 Å². The topological polar surface area (TPSA) is 22.1 Å². The third-order valence-corrected chi connectivity index (χ3v) is 3.39. The molecule has 2 nitrogen and oxygen atoms in total. The highest BCUT2D eigenvalue weighted by Gasteiger charge is 1.94. The van der Waals surface area contributed by atoms with Gasteiger partial charge in [-0.3, -0.25) is 0 Å². The highest BCUT2D eigenvalue weighted by molar-refractivity contribution is 5.08. The van der Waals surface area contributed by atoms with Crippen molar-refractivity contribution in [3.8, 4) is 5.88 Å². The van der Waals surface area contributed by atoms with Crippen molar-refractivity contribution < 1.29 is 4.74 Å². The van der Waals surface area contributed by atoms with Crippen LogP contribution in [0.2, 0.25) is 0 Å². The molecule has 2 heteroatoms. The van der Waals surface area contributed by atoms with E-state index in [1.165, 1.54) is 57.8 Å². The van der Waals surface area contributed by atoms with E-state index in [4.69, 9.17) is 4.74 Å². The molecule has 1 aromatic rings. The van der Waals surface area contributed by atoms with Gasteiger partial charge in [0.15, 0.2) is 0 Å². The average Bonchev–Trinajstić information content (AvgIpc) is 2.46. The molecule has 0 spiro atoms. The van der Waals surface area contributed by atoms with Crippen LogP contribution in [0.5, 0.6) is 5.88 Å². The monoisotopic (exact) mass is 263 g/mol. The largest absolute Gasteiger partial charge is 0.478 e. The summed E-state index contributed by atoms with van der Waals surface area (Å²) < 4.78 is 5.57. The zero-order valence-corrected chi connectivity index (χ0v) is 12.4. The standard InChI is InChI=1S/C17H29NO/c1-2-3-4-5-6-7-8-9-10-13-16-19-17-14-11-12-15-18-17/h11-12,14-15H,2-10,13,16H2,1H3. The first-order valence-electron chi connectivity index (χ1n) is 7.97. The Hall–Kier alpha value is -1.05. The predicted octanol–water partition coefficient (Wildman–Crippen LogP) is 5.38. The van der Waals surface area contributed by atoms with E-state index in [-0.39, 0.29) is 0 Å². The molecule has 0 aromatic carbocycles. The lowest BCUT2D eigenvalue weighted by Crippen LogP contribution is -1.98. The number of hydrogen-bond donors (Lipinski definition) is 0. The van der Waals surface area contributed by atoms with E-state index in [0.29, 0.717) is 0 Å². The first-order chi connectivity index (χ1) is 9.43. The van der Waals surface area contributed by atoms with Gasteiger partial charge in [0.1, 0.15) is 0 Å². The van der Waals surface area contributed by atoms with Crippen molar-refractivity contribution >= 4 is 0 Å². The maximum Gasteiger partial charge on any atom is 0.213 e. The van der Waals surface area contributed by atoms with E-state index in [0.717, 1.165) is 18.9 Å². The lowest BCUT2D eigenvalue weighted by atomic mass is 10.1. The molecule has 0 saturated heterocycles. The van der Waals surface area contributed by atoms with Crippen LogP contribution in [0.15, 0.2) is 24.4 Å². The van der Waals surface area contributed by atoms with E-state index < -0.39 is 0 Å². The third kappa shape index (κ3) is 9.52. The summed E-state index contributed by atoms with van der Waals surface area (Å²) in [7, 11) is 0. The van der Waals surface area contributed by atoms with Gasteiger partial charge >= 0.3 is 0 Å². The fourth-order valence-electron chi connectivity index (χ4n) is 2.20.